The molecule has 3 aromatic heterocycles. The Labute approximate surface area is 137 Å². The zero-order valence-corrected chi connectivity index (χ0v) is 13.4. The van der Waals surface area contributed by atoms with Gasteiger partial charge in [-0.2, -0.15) is 5.10 Å². The highest BCUT2D eigenvalue weighted by atomic mass is 32.1. The fourth-order valence-electron chi connectivity index (χ4n) is 2.49. The summed E-state index contributed by atoms with van der Waals surface area (Å²) in [6.45, 7) is 0. The summed E-state index contributed by atoms with van der Waals surface area (Å²) in [6, 6.07) is 12.1. The number of hydrogen-bond donors (Lipinski definition) is 0. The average molecular weight is 318 g/mol. The van der Waals surface area contributed by atoms with Crippen LogP contribution >= 0.6 is 11.3 Å². The first-order valence-electron chi connectivity index (χ1n) is 7.27. The van der Waals surface area contributed by atoms with Gasteiger partial charge in [-0.15, -0.1) is 11.3 Å². The van der Waals surface area contributed by atoms with E-state index in [2.05, 4.69) is 27.2 Å². The normalized spacial score (nSPS) is 11.5. The maximum Gasteiger partial charge on any atom is 0.117 e. The predicted molar refractivity (Wildman–Crippen MR) is 95.0 cm³/mol. The molecule has 0 unspecified atom stereocenters. The second kappa shape index (κ2) is 5.78. The van der Waals surface area contributed by atoms with Crippen LogP contribution in [0.25, 0.3) is 33.6 Å². The molecule has 5 heteroatoms. The Morgan fingerprint density at radius 1 is 1.04 bits per heavy atom. The topological polar surface area (TPSA) is 43.6 Å². The maximum absolute atomic E-state index is 4.63. The molecular formula is C18H14N4S. The molecule has 23 heavy (non-hydrogen) atoms. The molecule has 0 spiro atoms. The fraction of sp³-hybridized carbons (Fsp3) is 0.0556. The predicted octanol–water partition coefficient (Wildman–Crippen LogP) is 4.26. The highest BCUT2D eigenvalue weighted by Crippen LogP contribution is 2.26. The monoisotopic (exact) mass is 318 g/mol. The van der Waals surface area contributed by atoms with Crippen molar-refractivity contribution in [3.8, 4) is 11.3 Å². The number of fused-ring (bicyclic) bond motifs is 1. The van der Waals surface area contributed by atoms with Crippen molar-refractivity contribution in [2.24, 2.45) is 7.05 Å². The Kier molecular flexibility index (Phi) is 3.48. The van der Waals surface area contributed by atoms with Crippen molar-refractivity contribution in [1.29, 1.82) is 0 Å². The molecule has 1 aromatic carbocycles. The van der Waals surface area contributed by atoms with Gasteiger partial charge in [-0.25, -0.2) is 4.98 Å². The van der Waals surface area contributed by atoms with Crippen LogP contribution in [0.4, 0.5) is 0 Å². The van der Waals surface area contributed by atoms with Gasteiger partial charge in [0.2, 0.25) is 0 Å². The third-order valence-corrected chi connectivity index (χ3v) is 4.53. The Hall–Kier alpha value is -2.79. The third kappa shape index (κ3) is 2.78. The van der Waals surface area contributed by atoms with Crippen LogP contribution in [0.1, 0.15) is 10.6 Å². The number of rotatable bonds is 3. The van der Waals surface area contributed by atoms with Gasteiger partial charge in [-0.3, -0.25) is 9.67 Å². The highest BCUT2D eigenvalue weighted by molar-refractivity contribution is 7.19. The number of aromatic nitrogens is 4. The molecule has 0 saturated carbocycles. The summed E-state index contributed by atoms with van der Waals surface area (Å²) >= 11 is 1.69. The molecule has 0 atom stereocenters. The zero-order valence-electron chi connectivity index (χ0n) is 12.5. The summed E-state index contributed by atoms with van der Waals surface area (Å²) in [7, 11) is 1.93. The molecule has 0 fully saturated rings. The van der Waals surface area contributed by atoms with Crippen LogP contribution in [-0.4, -0.2) is 19.7 Å². The fourth-order valence-corrected chi connectivity index (χ4v) is 3.36. The number of hydrogen-bond acceptors (Lipinski definition) is 4. The first kappa shape index (κ1) is 13.8. The summed E-state index contributed by atoms with van der Waals surface area (Å²) in [5, 5.41) is 5.55. The van der Waals surface area contributed by atoms with Crippen molar-refractivity contribution >= 4 is 33.7 Å². The molecular weight excluding hydrogens is 304 g/mol. The quantitative estimate of drug-likeness (QED) is 0.567. The van der Waals surface area contributed by atoms with Crippen LogP contribution in [0.15, 0.2) is 55.0 Å². The van der Waals surface area contributed by atoms with E-state index in [0.717, 1.165) is 27.3 Å². The van der Waals surface area contributed by atoms with E-state index < -0.39 is 0 Å². The molecule has 0 aliphatic heterocycles. The minimum absolute atomic E-state index is 0.951. The number of thiazole rings is 1. The SMILES string of the molecule is Cn1cc(/C=C/c2nc3ccccc3s2)c(-c2ccncc2)n1. The standard InChI is InChI=1S/C18H14N4S/c1-22-12-14(18(21-22)13-8-10-19-11-9-13)6-7-17-20-15-4-2-3-5-16(15)23-17/h2-12H,1H3/b7-6+. The Morgan fingerprint density at radius 2 is 1.87 bits per heavy atom. The van der Waals surface area contributed by atoms with E-state index in [0.29, 0.717) is 0 Å². The van der Waals surface area contributed by atoms with E-state index in [1.807, 2.05) is 54.3 Å². The van der Waals surface area contributed by atoms with Gasteiger partial charge < -0.3 is 0 Å². The molecule has 4 rings (SSSR count). The van der Waals surface area contributed by atoms with Crippen molar-refractivity contribution in [3.63, 3.8) is 0 Å². The van der Waals surface area contributed by atoms with Crippen molar-refractivity contribution in [1.82, 2.24) is 19.7 Å². The number of pyridine rings is 1. The van der Waals surface area contributed by atoms with Gasteiger partial charge >= 0.3 is 0 Å². The van der Waals surface area contributed by atoms with E-state index in [4.69, 9.17) is 0 Å². The highest BCUT2D eigenvalue weighted by Gasteiger charge is 2.08. The van der Waals surface area contributed by atoms with Gasteiger partial charge in [0.15, 0.2) is 0 Å². The molecule has 4 aromatic rings. The lowest BCUT2D eigenvalue weighted by Gasteiger charge is -1.97. The minimum atomic E-state index is 0.951. The molecule has 0 saturated heterocycles. The maximum atomic E-state index is 4.63. The van der Waals surface area contributed by atoms with Gasteiger partial charge in [0, 0.05) is 36.8 Å². The number of nitrogens with zero attached hydrogens (tertiary/aromatic N) is 4. The van der Waals surface area contributed by atoms with Gasteiger partial charge in [0.25, 0.3) is 0 Å². The van der Waals surface area contributed by atoms with Gasteiger partial charge in [0.1, 0.15) is 5.01 Å². The van der Waals surface area contributed by atoms with Crippen LogP contribution in [0, 0.1) is 0 Å². The summed E-state index contributed by atoms with van der Waals surface area (Å²) in [4.78, 5) is 8.70. The van der Waals surface area contributed by atoms with E-state index in [9.17, 15) is 0 Å². The zero-order chi connectivity index (χ0) is 15.6. The number of benzene rings is 1. The molecule has 3 heterocycles. The van der Waals surface area contributed by atoms with E-state index >= 15 is 0 Å². The molecule has 0 radical (unpaired) electrons. The van der Waals surface area contributed by atoms with Crippen LogP contribution in [-0.2, 0) is 7.05 Å². The lowest BCUT2D eigenvalue weighted by atomic mass is 10.1. The summed E-state index contributed by atoms with van der Waals surface area (Å²) in [5.74, 6) is 0. The van der Waals surface area contributed by atoms with Gasteiger partial charge in [0.05, 0.1) is 15.9 Å². The molecule has 0 aliphatic rings. The van der Waals surface area contributed by atoms with Gasteiger partial charge in [-0.1, -0.05) is 12.1 Å². The Bertz CT molecular complexity index is 950. The van der Waals surface area contributed by atoms with Crippen LogP contribution in [0.2, 0.25) is 0 Å². The van der Waals surface area contributed by atoms with E-state index in [1.54, 1.807) is 23.7 Å². The summed E-state index contributed by atoms with van der Waals surface area (Å²) in [6.07, 6.45) is 9.70. The Balaban J connectivity index is 1.71. The largest absolute Gasteiger partial charge is 0.275 e. The van der Waals surface area contributed by atoms with E-state index in [-0.39, 0.29) is 0 Å². The molecule has 112 valence electrons. The summed E-state index contributed by atoms with van der Waals surface area (Å²) < 4.78 is 3.03. The smallest absolute Gasteiger partial charge is 0.117 e. The van der Waals surface area contributed by atoms with Crippen molar-refractivity contribution in [3.05, 3.63) is 65.6 Å². The molecule has 4 nitrogen and oxygen atoms in total. The van der Waals surface area contributed by atoms with Gasteiger partial charge in [-0.05, 0) is 36.4 Å². The first-order chi connectivity index (χ1) is 11.3. The Morgan fingerprint density at radius 3 is 2.70 bits per heavy atom. The molecule has 0 N–H and O–H groups in total. The first-order valence-corrected chi connectivity index (χ1v) is 8.09. The third-order valence-electron chi connectivity index (χ3n) is 3.53. The average Bonchev–Trinajstić information content (AvgIpc) is 3.16. The van der Waals surface area contributed by atoms with Crippen molar-refractivity contribution < 1.29 is 0 Å². The lowest BCUT2D eigenvalue weighted by molar-refractivity contribution is 0.770. The second-order valence-electron chi connectivity index (χ2n) is 5.20. The summed E-state index contributed by atoms with van der Waals surface area (Å²) in [5.41, 5.74) is 4.12. The van der Waals surface area contributed by atoms with E-state index in [1.165, 1.54) is 4.70 Å². The number of para-hydroxylation sites is 1. The van der Waals surface area contributed by atoms with Crippen LogP contribution in [0.5, 0.6) is 0 Å². The molecule has 0 aliphatic carbocycles. The van der Waals surface area contributed by atoms with Crippen molar-refractivity contribution in [2.45, 2.75) is 0 Å². The van der Waals surface area contributed by atoms with Crippen LogP contribution < -0.4 is 0 Å². The van der Waals surface area contributed by atoms with Crippen molar-refractivity contribution in [2.75, 3.05) is 0 Å². The minimum Gasteiger partial charge on any atom is -0.275 e. The second-order valence-corrected chi connectivity index (χ2v) is 6.26. The van der Waals surface area contributed by atoms with Crippen LogP contribution in [0.3, 0.4) is 0 Å². The molecule has 0 amide bonds. The number of aryl methyl sites for hydroxylation is 1. The molecule has 0 bridgehead atoms. The lowest BCUT2D eigenvalue weighted by Crippen LogP contribution is -1.87.